The van der Waals surface area contributed by atoms with Crippen LogP contribution in [0.2, 0.25) is 0 Å². The number of hydrogen-bond donors (Lipinski definition) is 1. The van der Waals surface area contributed by atoms with Crippen molar-refractivity contribution in [3.05, 3.63) is 46.4 Å². The molecule has 140 valence electrons. The Balaban J connectivity index is 1.68. The Labute approximate surface area is 158 Å². The molecule has 1 aromatic heterocycles. The van der Waals surface area contributed by atoms with Crippen molar-refractivity contribution in [3.8, 4) is 0 Å². The zero-order valence-corrected chi connectivity index (χ0v) is 16.2. The van der Waals surface area contributed by atoms with E-state index in [9.17, 15) is 9.59 Å². The molecule has 0 aliphatic heterocycles. The Hall–Kier alpha value is -2.02. The van der Waals surface area contributed by atoms with Gasteiger partial charge >= 0.3 is 5.69 Å². The van der Waals surface area contributed by atoms with Crippen LogP contribution in [0.5, 0.6) is 0 Å². The van der Waals surface area contributed by atoms with Crippen LogP contribution < -0.4 is 5.69 Å². The summed E-state index contributed by atoms with van der Waals surface area (Å²) in [6, 6.07) is 10.3. The number of rotatable bonds is 9. The van der Waals surface area contributed by atoms with Gasteiger partial charge in [-0.15, -0.1) is 5.10 Å². The van der Waals surface area contributed by atoms with Crippen molar-refractivity contribution in [3.63, 3.8) is 0 Å². The molecule has 1 unspecified atom stereocenters. The number of thioether (sulfide) groups is 1. The minimum absolute atomic E-state index is 0.0942. The molecule has 1 heterocycles. The van der Waals surface area contributed by atoms with Crippen LogP contribution in [0.4, 0.5) is 0 Å². The third kappa shape index (κ3) is 4.58. The molecule has 0 saturated heterocycles. The number of carbonyl (C=O) groups excluding carboxylic acids is 1. The molecular formula is C19H26N4O2S. The maximum atomic E-state index is 13.0. The van der Waals surface area contributed by atoms with E-state index in [-0.39, 0.29) is 23.4 Å². The van der Waals surface area contributed by atoms with Gasteiger partial charge < -0.3 is 4.90 Å². The molecule has 1 fully saturated rings. The van der Waals surface area contributed by atoms with Crippen molar-refractivity contribution in [2.45, 2.75) is 57.4 Å². The molecule has 0 radical (unpaired) electrons. The maximum absolute atomic E-state index is 13.0. The van der Waals surface area contributed by atoms with E-state index >= 15 is 0 Å². The largest absolute Gasteiger partial charge is 0.343 e. The fraction of sp³-hybridized carbons (Fsp3) is 0.526. The van der Waals surface area contributed by atoms with Crippen molar-refractivity contribution >= 4 is 17.7 Å². The first kappa shape index (κ1) is 18.8. The van der Waals surface area contributed by atoms with E-state index in [0.29, 0.717) is 24.2 Å². The van der Waals surface area contributed by atoms with E-state index in [0.717, 1.165) is 12.0 Å². The molecule has 1 saturated carbocycles. The Morgan fingerprint density at radius 3 is 2.77 bits per heavy atom. The molecule has 1 amide bonds. The molecule has 1 aliphatic carbocycles. The number of H-pyrrole nitrogens is 1. The third-order valence-corrected chi connectivity index (χ3v) is 5.77. The van der Waals surface area contributed by atoms with Crippen LogP contribution in [-0.2, 0) is 17.9 Å². The summed E-state index contributed by atoms with van der Waals surface area (Å²) in [5.74, 6) is 0.991. The maximum Gasteiger partial charge on any atom is 0.343 e. The number of amides is 1. The fourth-order valence-electron chi connectivity index (χ4n) is 3.12. The average molecular weight is 375 g/mol. The highest BCUT2D eigenvalue weighted by Gasteiger charge is 2.34. The van der Waals surface area contributed by atoms with Crippen LogP contribution >= 0.6 is 11.8 Å². The number of aromatic nitrogens is 3. The highest BCUT2D eigenvalue weighted by atomic mass is 32.2. The quantitative estimate of drug-likeness (QED) is 0.685. The van der Waals surface area contributed by atoms with Gasteiger partial charge in [-0.2, -0.15) is 0 Å². The molecule has 6 nitrogen and oxygen atoms in total. The van der Waals surface area contributed by atoms with E-state index in [1.165, 1.54) is 24.6 Å². The molecule has 26 heavy (non-hydrogen) atoms. The summed E-state index contributed by atoms with van der Waals surface area (Å²) in [5.41, 5.74) is 0.926. The molecule has 2 aromatic rings. The Kier molecular flexibility index (Phi) is 6.19. The first-order valence-corrected chi connectivity index (χ1v) is 10.2. The van der Waals surface area contributed by atoms with Crippen LogP contribution in [0.1, 0.15) is 38.7 Å². The van der Waals surface area contributed by atoms with Gasteiger partial charge in [0.25, 0.3) is 0 Å². The predicted octanol–water partition coefficient (Wildman–Crippen LogP) is 2.90. The van der Waals surface area contributed by atoms with Crippen LogP contribution in [0.3, 0.4) is 0 Å². The number of aromatic amines is 1. The second-order valence-electron chi connectivity index (χ2n) is 6.84. The molecule has 1 N–H and O–H groups in total. The Morgan fingerprint density at radius 2 is 2.12 bits per heavy atom. The van der Waals surface area contributed by atoms with Crippen LogP contribution in [0.15, 0.2) is 40.3 Å². The molecule has 0 bridgehead atoms. The normalized spacial score (nSPS) is 15.0. The summed E-state index contributed by atoms with van der Waals surface area (Å²) in [7, 11) is 0. The fourth-order valence-corrected chi connectivity index (χ4v) is 3.97. The summed E-state index contributed by atoms with van der Waals surface area (Å²) < 4.78 is 1.60. The average Bonchev–Trinajstić information content (AvgIpc) is 3.44. The number of hydrogen-bond acceptors (Lipinski definition) is 4. The van der Waals surface area contributed by atoms with Gasteiger partial charge in [0.05, 0.1) is 5.75 Å². The highest BCUT2D eigenvalue weighted by molar-refractivity contribution is 7.99. The van der Waals surface area contributed by atoms with Crippen molar-refractivity contribution in [1.29, 1.82) is 0 Å². The number of nitrogens with one attached hydrogen (secondary N) is 1. The van der Waals surface area contributed by atoms with Gasteiger partial charge in [0.1, 0.15) is 0 Å². The second kappa shape index (κ2) is 8.58. The monoisotopic (exact) mass is 374 g/mol. The van der Waals surface area contributed by atoms with Crippen molar-refractivity contribution in [1.82, 2.24) is 19.7 Å². The van der Waals surface area contributed by atoms with E-state index in [1.807, 2.05) is 30.0 Å². The smallest absolute Gasteiger partial charge is 0.335 e. The molecule has 1 aliphatic rings. The van der Waals surface area contributed by atoms with Gasteiger partial charge in [-0.25, -0.2) is 9.89 Å². The van der Waals surface area contributed by atoms with Crippen LogP contribution in [0, 0.1) is 5.92 Å². The summed E-state index contributed by atoms with van der Waals surface area (Å²) in [4.78, 5) is 26.7. The van der Waals surface area contributed by atoms with Crippen LogP contribution in [0.25, 0.3) is 0 Å². The van der Waals surface area contributed by atoms with Crippen LogP contribution in [-0.4, -0.2) is 37.4 Å². The van der Waals surface area contributed by atoms with E-state index < -0.39 is 0 Å². The molecule has 1 atom stereocenters. The van der Waals surface area contributed by atoms with Gasteiger partial charge in [0.2, 0.25) is 5.91 Å². The molecule has 0 spiro atoms. The minimum atomic E-state index is -0.214. The SMILES string of the molecule is CCCn1c(SCC(=O)N(Cc2ccccc2)C(C)C2CC2)n[nH]c1=O. The summed E-state index contributed by atoms with van der Waals surface area (Å²) >= 11 is 1.33. The molecule has 7 heteroatoms. The topological polar surface area (TPSA) is 71.0 Å². The second-order valence-corrected chi connectivity index (χ2v) is 7.78. The zero-order chi connectivity index (χ0) is 18.5. The molecule has 3 rings (SSSR count). The Bertz CT molecular complexity index is 782. The summed E-state index contributed by atoms with van der Waals surface area (Å²) in [5, 5.41) is 7.12. The van der Waals surface area contributed by atoms with Crippen molar-refractivity contribution in [2.24, 2.45) is 5.92 Å². The Morgan fingerprint density at radius 1 is 1.38 bits per heavy atom. The number of benzene rings is 1. The lowest BCUT2D eigenvalue weighted by Gasteiger charge is -2.29. The standard InChI is InChI=1S/C19H26N4O2S/c1-3-11-22-18(25)20-21-19(22)26-13-17(24)23(14(2)16-9-10-16)12-15-7-5-4-6-8-15/h4-8,14,16H,3,9-13H2,1-2H3,(H,20,25). The first-order chi connectivity index (χ1) is 12.6. The zero-order valence-electron chi connectivity index (χ0n) is 15.4. The van der Waals surface area contributed by atoms with Crippen molar-refractivity contribution in [2.75, 3.05) is 5.75 Å². The highest BCUT2D eigenvalue weighted by Crippen LogP contribution is 2.36. The third-order valence-electron chi connectivity index (χ3n) is 4.81. The lowest BCUT2D eigenvalue weighted by Crippen LogP contribution is -2.40. The van der Waals surface area contributed by atoms with Crippen molar-refractivity contribution < 1.29 is 4.79 Å². The van der Waals surface area contributed by atoms with Gasteiger partial charge in [-0.3, -0.25) is 9.36 Å². The predicted molar refractivity (Wildman–Crippen MR) is 103 cm³/mol. The lowest BCUT2D eigenvalue weighted by atomic mass is 10.1. The minimum Gasteiger partial charge on any atom is -0.335 e. The lowest BCUT2D eigenvalue weighted by molar-refractivity contribution is -0.131. The summed E-state index contributed by atoms with van der Waals surface area (Å²) in [6.45, 7) is 5.39. The van der Waals surface area contributed by atoms with Gasteiger partial charge in [-0.1, -0.05) is 49.0 Å². The molecular weight excluding hydrogens is 348 g/mol. The van der Waals surface area contributed by atoms with E-state index in [2.05, 4.69) is 29.3 Å². The van der Waals surface area contributed by atoms with E-state index in [1.54, 1.807) is 4.57 Å². The van der Waals surface area contributed by atoms with Gasteiger partial charge in [0, 0.05) is 19.1 Å². The first-order valence-electron chi connectivity index (χ1n) is 9.21. The number of carbonyl (C=O) groups is 1. The molecule has 1 aromatic carbocycles. The van der Waals surface area contributed by atoms with Gasteiger partial charge in [-0.05, 0) is 37.7 Å². The summed E-state index contributed by atoms with van der Waals surface area (Å²) in [6.07, 6.45) is 3.24. The number of nitrogens with zero attached hydrogens (tertiary/aromatic N) is 3. The van der Waals surface area contributed by atoms with Gasteiger partial charge in [0.15, 0.2) is 5.16 Å². The van der Waals surface area contributed by atoms with E-state index in [4.69, 9.17) is 0 Å².